The van der Waals surface area contributed by atoms with Gasteiger partial charge in [0.25, 0.3) is 0 Å². The lowest BCUT2D eigenvalue weighted by Gasteiger charge is -2.21. The smallest absolute Gasteiger partial charge is 0.313 e. The maximum atomic E-state index is 12.0. The van der Waals surface area contributed by atoms with Crippen LogP contribution >= 0.6 is 0 Å². The highest BCUT2D eigenvalue weighted by molar-refractivity contribution is 5.85. The highest BCUT2D eigenvalue weighted by Crippen LogP contribution is 2.39. The molecule has 0 aliphatic heterocycles. The van der Waals surface area contributed by atoms with Gasteiger partial charge in [0, 0.05) is 5.92 Å². The average Bonchev–Trinajstić information content (AvgIpc) is 2.91. The number of hydrogen-bond acceptors (Lipinski definition) is 4. The highest BCUT2D eigenvalue weighted by atomic mass is 16.5. The molecule has 3 atom stereocenters. The molecule has 0 bridgehead atoms. The molecule has 0 N–H and O–H groups in total. The summed E-state index contributed by atoms with van der Waals surface area (Å²) in [5.41, 5.74) is 0.987. The first-order chi connectivity index (χ1) is 9.19. The second-order valence-electron chi connectivity index (χ2n) is 4.42. The van der Waals surface area contributed by atoms with Crippen molar-refractivity contribution >= 4 is 11.9 Å². The van der Waals surface area contributed by atoms with Gasteiger partial charge in [-0.05, 0) is 5.56 Å². The largest absolute Gasteiger partial charge is 0.469 e. The standard InChI is InChI=1S/C15H16O4/c1-18-14(16)12-9-8-11(13(12)15(17)19-2)10-6-4-3-5-7-10/h3-9,11-13H,1-2H3. The molecule has 1 aliphatic rings. The normalized spacial score (nSPS) is 25.1. The summed E-state index contributed by atoms with van der Waals surface area (Å²) >= 11 is 0. The number of esters is 2. The van der Waals surface area contributed by atoms with Crippen LogP contribution < -0.4 is 0 Å². The molecule has 0 amide bonds. The Balaban J connectivity index is 2.32. The van der Waals surface area contributed by atoms with Gasteiger partial charge in [-0.3, -0.25) is 9.59 Å². The molecule has 3 unspecified atom stereocenters. The van der Waals surface area contributed by atoms with Crippen LogP contribution in [0, 0.1) is 11.8 Å². The van der Waals surface area contributed by atoms with Crippen molar-refractivity contribution < 1.29 is 19.1 Å². The van der Waals surface area contributed by atoms with E-state index in [0.717, 1.165) is 5.56 Å². The van der Waals surface area contributed by atoms with Gasteiger partial charge in [0.05, 0.1) is 26.1 Å². The summed E-state index contributed by atoms with van der Waals surface area (Å²) in [6.45, 7) is 0. The molecule has 0 heterocycles. The van der Waals surface area contributed by atoms with E-state index in [1.54, 1.807) is 6.08 Å². The minimum absolute atomic E-state index is 0.155. The Morgan fingerprint density at radius 3 is 2.16 bits per heavy atom. The predicted molar refractivity (Wildman–Crippen MR) is 69.3 cm³/mol. The molecule has 1 aromatic rings. The SMILES string of the molecule is COC(=O)C1C=CC(c2ccccc2)C1C(=O)OC. The van der Waals surface area contributed by atoms with E-state index in [1.165, 1.54) is 14.2 Å². The fourth-order valence-corrected chi connectivity index (χ4v) is 2.49. The molecule has 4 nitrogen and oxygen atoms in total. The van der Waals surface area contributed by atoms with E-state index < -0.39 is 23.8 Å². The van der Waals surface area contributed by atoms with E-state index in [1.807, 2.05) is 36.4 Å². The molecule has 1 aliphatic carbocycles. The molecule has 0 radical (unpaired) electrons. The molecule has 19 heavy (non-hydrogen) atoms. The first kappa shape index (κ1) is 13.3. The third-order valence-electron chi connectivity index (χ3n) is 3.43. The molecule has 0 aromatic heterocycles. The van der Waals surface area contributed by atoms with E-state index in [2.05, 4.69) is 0 Å². The molecule has 0 spiro atoms. The van der Waals surface area contributed by atoms with Crippen molar-refractivity contribution in [3.63, 3.8) is 0 Å². The first-order valence-electron chi connectivity index (χ1n) is 6.08. The van der Waals surface area contributed by atoms with Gasteiger partial charge < -0.3 is 9.47 Å². The van der Waals surface area contributed by atoms with Gasteiger partial charge in [-0.25, -0.2) is 0 Å². The fraction of sp³-hybridized carbons (Fsp3) is 0.333. The van der Waals surface area contributed by atoms with Crippen molar-refractivity contribution in [1.29, 1.82) is 0 Å². The van der Waals surface area contributed by atoms with Crippen LogP contribution in [0.4, 0.5) is 0 Å². The van der Waals surface area contributed by atoms with Crippen molar-refractivity contribution in [2.24, 2.45) is 11.8 Å². The van der Waals surface area contributed by atoms with Gasteiger partial charge in [-0.15, -0.1) is 0 Å². The van der Waals surface area contributed by atoms with Crippen molar-refractivity contribution in [3.05, 3.63) is 48.0 Å². The average molecular weight is 260 g/mol. The number of carbonyl (C=O) groups is 2. The highest BCUT2D eigenvalue weighted by Gasteiger charge is 2.43. The second-order valence-corrected chi connectivity index (χ2v) is 4.42. The number of carbonyl (C=O) groups excluding carboxylic acids is 2. The number of hydrogen-bond donors (Lipinski definition) is 0. The van der Waals surface area contributed by atoms with Gasteiger partial charge in [0.1, 0.15) is 0 Å². The van der Waals surface area contributed by atoms with E-state index >= 15 is 0 Å². The summed E-state index contributed by atoms with van der Waals surface area (Å²) in [7, 11) is 2.65. The van der Waals surface area contributed by atoms with E-state index in [9.17, 15) is 9.59 Å². The minimum Gasteiger partial charge on any atom is -0.469 e. The Morgan fingerprint density at radius 1 is 0.947 bits per heavy atom. The monoisotopic (exact) mass is 260 g/mol. The number of ether oxygens (including phenoxy) is 2. The maximum absolute atomic E-state index is 12.0. The van der Waals surface area contributed by atoms with Gasteiger partial charge in [0.2, 0.25) is 0 Å². The van der Waals surface area contributed by atoms with Crippen LogP contribution in [-0.4, -0.2) is 26.2 Å². The predicted octanol–water partition coefficient (Wildman–Crippen LogP) is 1.92. The molecule has 1 aromatic carbocycles. The molecule has 0 fully saturated rings. The molecule has 2 rings (SSSR count). The van der Waals surface area contributed by atoms with E-state index in [-0.39, 0.29) is 5.92 Å². The van der Waals surface area contributed by atoms with E-state index in [0.29, 0.717) is 0 Å². The minimum atomic E-state index is -0.581. The maximum Gasteiger partial charge on any atom is 0.313 e. The summed E-state index contributed by atoms with van der Waals surface area (Å²) in [5, 5.41) is 0. The van der Waals surface area contributed by atoms with Crippen molar-refractivity contribution in [3.8, 4) is 0 Å². The number of rotatable bonds is 3. The Hall–Kier alpha value is -2.10. The number of allylic oxidation sites excluding steroid dienone is 1. The molecule has 4 heteroatoms. The van der Waals surface area contributed by atoms with Crippen molar-refractivity contribution in [2.75, 3.05) is 14.2 Å². The van der Waals surface area contributed by atoms with Gasteiger partial charge in [-0.1, -0.05) is 42.5 Å². The van der Waals surface area contributed by atoms with Crippen LogP contribution in [0.2, 0.25) is 0 Å². The van der Waals surface area contributed by atoms with Crippen LogP contribution in [0.5, 0.6) is 0 Å². The van der Waals surface area contributed by atoms with Gasteiger partial charge in [0.15, 0.2) is 0 Å². The van der Waals surface area contributed by atoms with Crippen LogP contribution in [-0.2, 0) is 19.1 Å². The fourth-order valence-electron chi connectivity index (χ4n) is 2.49. The first-order valence-corrected chi connectivity index (χ1v) is 6.08. The molecule has 0 saturated heterocycles. The lowest BCUT2D eigenvalue weighted by Crippen LogP contribution is -2.31. The molecule has 100 valence electrons. The van der Waals surface area contributed by atoms with Crippen LogP contribution in [0.3, 0.4) is 0 Å². The van der Waals surface area contributed by atoms with Crippen LogP contribution in [0.25, 0.3) is 0 Å². The summed E-state index contributed by atoms with van der Waals surface area (Å²) in [5.74, 6) is -2.10. The van der Waals surface area contributed by atoms with Crippen LogP contribution in [0.15, 0.2) is 42.5 Å². The molecule has 0 saturated carbocycles. The zero-order valence-electron chi connectivity index (χ0n) is 10.9. The number of methoxy groups -OCH3 is 2. The Kier molecular flexibility index (Phi) is 4.00. The van der Waals surface area contributed by atoms with Crippen molar-refractivity contribution in [1.82, 2.24) is 0 Å². The number of benzene rings is 1. The molecular weight excluding hydrogens is 244 g/mol. The van der Waals surface area contributed by atoms with Gasteiger partial charge in [-0.2, -0.15) is 0 Å². The zero-order valence-corrected chi connectivity index (χ0v) is 10.9. The Bertz CT molecular complexity index is 492. The molecular formula is C15H16O4. The summed E-state index contributed by atoms with van der Waals surface area (Å²) < 4.78 is 9.57. The lowest BCUT2D eigenvalue weighted by molar-refractivity contribution is -0.155. The summed E-state index contributed by atoms with van der Waals surface area (Å²) in [6, 6.07) is 9.59. The Morgan fingerprint density at radius 2 is 1.58 bits per heavy atom. The Labute approximate surface area is 112 Å². The van der Waals surface area contributed by atoms with Crippen LogP contribution in [0.1, 0.15) is 11.5 Å². The quantitative estimate of drug-likeness (QED) is 0.615. The second kappa shape index (κ2) is 5.69. The zero-order chi connectivity index (χ0) is 13.8. The topological polar surface area (TPSA) is 52.6 Å². The summed E-state index contributed by atoms with van der Waals surface area (Å²) in [4.78, 5) is 23.7. The van der Waals surface area contributed by atoms with Gasteiger partial charge >= 0.3 is 11.9 Å². The van der Waals surface area contributed by atoms with Crippen molar-refractivity contribution in [2.45, 2.75) is 5.92 Å². The summed E-state index contributed by atoms with van der Waals surface area (Å²) in [6.07, 6.45) is 3.60. The third kappa shape index (κ3) is 2.52. The lowest BCUT2D eigenvalue weighted by atomic mass is 9.84. The third-order valence-corrected chi connectivity index (χ3v) is 3.43. The van der Waals surface area contributed by atoms with E-state index in [4.69, 9.17) is 9.47 Å².